The average molecular weight is 322 g/mol. The zero-order valence-electron chi connectivity index (χ0n) is 8.24. The van der Waals surface area contributed by atoms with Gasteiger partial charge in [0.2, 0.25) is 5.43 Å². The largest absolute Gasteiger partial charge is 0.456 e. The lowest BCUT2D eigenvalue weighted by Crippen LogP contribution is -2.01. The molecule has 0 fully saturated rings. The van der Waals surface area contributed by atoms with Crippen LogP contribution in [0.2, 0.25) is 0 Å². The summed E-state index contributed by atoms with van der Waals surface area (Å²) in [5, 5.41) is 1.28. The number of halogens is 1. The van der Waals surface area contributed by atoms with Crippen LogP contribution in [0.15, 0.2) is 51.7 Å². The molecule has 0 spiro atoms. The number of hydrogen-bond acceptors (Lipinski definition) is 2. The standard InChI is InChI=1S/C13H7IO2/c14-8-5-6-12-10(7-8)13(15)9-3-1-2-4-11(9)16-12/h1-7H. The summed E-state index contributed by atoms with van der Waals surface area (Å²) >= 11 is 2.19. The van der Waals surface area contributed by atoms with Crippen molar-refractivity contribution in [3.63, 3.8) is 0 Å². The van der Waals surface area contributed by atoms with E-state index in [1.165, 1.54) is 0 Å². The Morgan fingerprint density at radius 3 is 2.56 bits per heavy atom. The smallest absolute Gasteiger partial charge is 0.200 e. The van der Waals surface area contributed by atoms with Crippen molar-refractivity contribution in [3.8, 4) is 0 Å². The van der Waals surface area contributed by atoms with Crippen LogP contribution in [-0.4, -0.2) is 0 Å². The zero-order chi connectivity index (χ0) is 11.1. The van der Waals surface area contributed by atoms with Gasteiger partial charge < -0.3 is 4.42 Å². The van der Waals surface area contributed by atoms with E-state index in [2.05, 4.69) is 22.6 Å². The molecule has 1 heterocycles. The van der Waals surface area contributed by atoms with Crippen LogP contribution in [0, 0.1) is 3.57 Å². The van der Waals surface area contributed by atoms with Crippen LogP contribution in [0.1, 0.15) is 0 Å². The summed E-state index contributed by atoms with van der Waals surface area (Å²) in [6.45, 7) is 0. The third-order valence-electron chi connectivity index (χ3n) is 2.54. The van der Waals surface area contributed by atoms with Crippen molar-refractivity contribution < 1.29 is 4.42 Å². The van der Waals surface area contributed by atoms with Gasteiger partial charge in [-0.25, -0.2) is 0 Å². The second-order valence-corrected chi connectivity index (χ2v) is 4.81. The highest BCUT2D eigenvalue weighted by molar-refractivity contribution is 14.1. The molecule has 0 aliphatic heterocycles. The van der Waals surface area contributed by atoms with E-state index in [-0.39, 0.29) is 5.43 Å². The van der Waals surface area contributed by atoms with Crippen LogP contribution in [0.3, 0.4) is 0 Å². The van der Waals surface area contributed by atoms with Crippen molar-refractivity contribution >= 4 is 44.5 Å². The minimum absolute atomic E-state index is 0.0374. The van der Waals surface area contributed by atoms with Crippen molar-refractivity contribution in [2.75, 3.05) is 0 Å². The van der Waals surface area contributed by atoms with Crippen LogP contribution in [0.4, 0.5) is 0 Å². The third-order valence-corrected chi connectivity index (χ3v) is 3.21. The van der Waals surface area contributed by atoms with Gasteiger partial charge in [-0.05, 0) is 52.9 Å². The Bertz CT molecular complexity index is 744. The molecular formula is C13H7IO2. The normalized spacial score (nSPS) is 11.1. The fraction of sp³-hybridized carbons (Fsp3) is 0. The predicted molar refractivity (Wildman–Crippen MR) is 72.7 cm³/mol. The highest BCUT2D eigenvalue weighted by atomic mass is 127. The number of rotatable bonds is 0. The molecule has 0 N–H and O–H groups in total. The molecule has 0 saturated heterocycles. The predicted octanol–water partition coefficient (Wildman–Crippen LogP) is 3.55. The molecule has 0 amide bonds. The molecule has 0 radical (unpaired) electrons. The lowest BCUT2D eigenvalue weighted by Gasteiger charge is -2.00. The van der Waals surface area contributed by atoms with Crippen molar-refractivity contribution in [1.29, 1.82) is 0 Å². The molecule has 1 aromatic heterocycles. The molecule has 2 aromatic carbocycles. The maximum absolute atomic E-state index is 12.2. The molecule has 2 nitrogen and oxygen atoms in total. The van der Waals surface area contributed by atoms with E-state index >= 15 is 0 Å². The molecular weight excluding hydrogens is 315 g/mol. The number of fused-ring (bicyclic) bond motifs is 2. The van der Waals surface area contributed by atoms with Gasteiger partial charge >= 0.3 is 0 Å². The first-order valence-corrected chi connectivity index (χ1v) is 5.95. The first-order valence-electron chi connectivity index (χ1n) is 4.87. The summed E-state index contributed by atoms with van der Waals surface area (Å²) in [6.07, 6.45) is 0. The summed E-state index contributed by atoms with van der Waals surface area (Å²) in [5.74, 6) is 0. The van der Waals surface area contributed by atoms with Crippen molar-refractivity contribution in [3.05, 3.63) is 56.3 Å². The fourth-order valence-electron chi connectivity index (χ4n) is 1.78. The molecule has 3 aromatic rings. The van der Waals surface area contributed by atoms with Crippen LogP contribution in [-0.2, 0) is 0 Å². The summed E-state index contributed by atoms with van der Waals surface area (Å²) in [7, 11) is 0. The second-order valence-electron chi connectivity index (χ2n) is 3.57. The first kappa shape index (κ1) is 9.84. The Morgan fingerprint density at radius 1 is 0.938 bits per heavy atom. The van der Waals surface area contributed by atoms with Crippen molar-refractivity contribution in [1.82, 2.24) is 0 Å². The van der Waals surface area contributed by atoms with Crippen LogP contribution in [0.5, 0.6) is 0 Å². The topological polar surface area (TPSA) is 30.2 Å². The first-order chi connectivity index (χ1) is 7.75. The lowest BCUT2D eigenvalue weighted by molar-refractivity contribution is 0.660. The highest BCUT2D eigenvalue weighted by Gasteiger charge is 2.06. The SMILES string of the molecule is O=c1c2ccccc2oc2ccc(I)cc12. The second kappa shape index (κ2) is 3.59. The minimum Gasteiger partial charge on any atom is -0.456 e. The Labute approximate surface area is 105 Å². The van der Waals surface area contributed by atoms with Crippen LogP contribution >= 0.6 is 22.6 Å². The van der Waals surface area contributed by atoms with Gasteiger partial charge in [-0.3, -0.25) is 4.79 Å². The maximum atomic E-state index is 12.2. The Morgan fingerprint density at radius 2 is 1.69 bits per heavy atom. The van der Waals surface area contributed by atoms with Gasteiger partial charge in [-0.1, -0.05) is 12.1 Å². The van der Waals surface area contributed by atoms with Crippen molar-refractivity contribution in [2.24, 2.45) is 0 Å². The van der Waals surface area contributed by atoms with E-state index < -0.39 is 0 Å². The molecule has 16 heavy (non-hydrogen) atoms. The summed E-state index contributed by atoms with van der Waals surface area (Å²) in [5.41, 5.74) is 1.32. The molecule has 0 aliphatic carbocycles. The van der Waals surface area contributed by atoms with Gasteiger partial charge in [-0.15, -0.1) is 0 Å². The molecule has 3 heteroatoms. The number of benzene rings is 2. The van der Waals surface area contributed by atoms with Gasteiger partial charge in [0.25, 0.3) is 0 Å². The summed E-state index contributed by atoms with van der Waals surface area (Å²) < 4.78 is 6.71. The van der Waals surface area contributed by atoms with Gasteiger partial charge in [0, 0.05) is 3.57 Å². The molecule has 0 atom stereocenters. The number of hydrogen-bond donors (Lipinski definition) is 0. The molecule has 78 valence electrons. The van der Waals surface area contributed by atoms with Gasteiger partial charge in [0.1, 0.15) is 11.2 Å². The lowest BCUT2D eigenvalue weighted by atomic mass is 10.1. The molecule has 0 bridgehead atoms. The quantitative estimate of drug-likeness (QED) is 0.468. The summed E-state index contributed by atoms with van der Waals surface area (Å²) in [6, 6.07) is 12.9. The maximum Gasteiger partial charge on any atom is 0.200 e. The third kappa shape index (κ3) is 1.43. The molecule has 0 saturated carbocycles. The average Bonchev–Trinajstić information content (AvgIpc) is 2.31. The van der Waals surface area contributed by atoms with E-state index in [0.29, 0.717) is 21.9 Å². The molecule has 3 rings (SSSR count). The van der Waals surface area contributed by atoms with E-state index in [0.717, 1.165) is 3.57 Å². The Hall–Kier alpha value is -1.36. The fourth-order valence-corrected chi connectivity index (χ4v) is 2.27. The van der Waals surface area contributed by atoms with Gasteiger partial charge in [0.05, 0.1) is 10.8 Å². The van der Waals surface area contributed by atoms with E-state index in [1.807, 2.05) is 36.4 Å². The molecule has 0 unspecified atom stereocenters. The van der Waals surface area contributed by atoms with E-state index in [4.69, 9.17) is 4.42 Å². The van der Waals surface area contributed by atoms with Gasteiger partial charge in [0.15, 0.2) is 0 Å². The minimum atomic E-state index is 0.0374. The van der Waals surface area contributed by atoms with Crippen LogP contribution < -0.4 is 5.43 Å². The highest BCUT2D eigenvalue weighted by Crippen LogP contribution is 2.19. The summed E-state index contributed by atoms with van der Waals surface area (Å²) in [4.78, 5) is 12.2. The van der Waals surface area contributed by atoms with Gasteiger partial charge in [-0.2, -0.15) is 0 Å². The van der Waals surface area contributed by atoms with Crippen molar-refractivity contribution in [2.45, 2.75) is 0 Å². The Balaban J connectivity index is 2.61. The number of para-hydroxylation sites is 1. The van der Waals surface area contributed by atoms with E-state index in [1.54, 1.807) is 6.07 Å². The zero-order valence-corrected chi connectivity index (χ0v) is 10.4. The Kier molecular flexibility index (Phi) is 2.21. The van der Waals surface area contributed by atoms with Crippen LogP contribution in [0.25, 0.3) is 21.9 Å². The monoisotopic (exact) mass is 322 g/mol. The molecule has 0 aliphatic rings. The van der Waals surface area contributed by atoms with E-state index in [9.17, 15) is 4.79 Å².